The number of amides is 1. The van der Waals surface area contributed by atoms with Gasteiger partial charge in [0, 0.05) is 13.1 Å². The number of halogens is 4. The molecule has 1 aliphatic carbocycles. The molecule has 8 heteroatoms. The zero-order chi connectivity index (χ0) is 12.8. The number of aromatic nitrogens is 2. The fourth-order valence-electron chi connectivity index (χ4n) is 1.41. The van der Waals surface area contributed by atoms with E-state index in [1.54, 1.807) is 0 Å². The number of aryl methyl sites for hydroxylation is 1. The van der Waals surface area contributed by atoms with Gasteiger partial charge in [0.15, 0.2) is 5.69 Å². The molecule has 0 aliphatic heterocycles. The van der Waals surface area contributed by atoms with Crippen LogP contribution in [0.3, 0.4) is 0 Å². The standard InChI is InChI=1S/C9H9BrF3N3O/c1-16-6(8(17)14-4-2-3-4)5(10)7(15-16)9(11,12)13/h4H,2-3H2,1H3,(H,14,17). The minimum atomic E-state index is -4.57. The van der Waals surface area contributed by atoms with E-state index in [1.807, 2.05) is 0 Å². The average Bonchev–Trinajstić information content (AvgIpc) is 2.90. The number of carbonyl (C=O) groups excluding carboxylic acids is 1. The van der Waals surface area contributed by atoms with Crippen LogP contribution in [0, 0.1) is 0 Å². The maximum atomic E-state index is 12.5. The van der Waals surface area contributed by atoms with E-state index in [0.29, 0.717) is 0 Å². The Bertz CT molecular complexity index is 465. The van der Waals surface area contributed by atoms with E-state index in [2.05, 4.69) is 26.3 Å². The van der Waals surface area contributed by atoms with Crippen LogP contribution in [0.4, 0.5) is 13.2 Å². The second-order valence-corrected chi connectivity index (χ2v) is 4.67. The van der Waals surface area contributed by atoms with E-state index < -0.39 is 17.8 Å². The van der Waals surface area contributed by atoms with Crippen molar-refractivity contribution in [2.24, 2.45) is 7.05 Å². The molecule has 17 heavy (non-hydrogen) atoms. The Morgan fingerprint density at radius 2 is 2.12 bits per heavy atom. The fraction of sp³-hybridized carbons (Fsp3) is 0.556. The Balaban J connectivity index is 2.33. The van der Waals surface area contributed by atoms with Crippen molar-refractivity contribution in [3.05, 3.63) is 15.9 Å². The molecule has 2 rings (SSSR count). The largest absolute Gasteiger partial charge is 0.436 e. The first-order valence-corrected chi connectivity index (χ1v) is 5.70. The predicted octanol–water partition coefficient (Wildman–Crippen LogP) is 2.09. The molecule has 1 aromatic rings. The number of nitrogens with zero attached hydrogens (tertiary/aromatic N) is 2. The fourth-order valence-corrected chi connectivity index (χ4v) is 2.15. The average molecular weight is 312 g/mol. The Hall–Kier alpha value is -1.05. The number of alkyl halides is 3. The van der Waals surface area contributed by atoms with Crippen molar-refractivity contribution in [2.75, 3.05) is 0 Å². The molecule has 1 saturated carbocycles. The zero-order valence-corrected chi connectivity index (χ0v) is 10.4. The Kier molecular flexibility index (Phi) is 2.92. The Labute approximate surface area is 103 Å². The van der Waals surface area contributed by atoms with Gasteiger partial charge in [0.2, 0.25) is 0 Å². The monoisotopic (exact) mass is 311 g/mol. The van der Waals surface area contributed by atoms with Crippen LogP contribution in [-0.2, 0) is 13.2 Å². The SMILES string of the molecule is Cn1nc(C(F)(F)F)c(Br)c1C(=O)NC1CC1. The van der Waals surface area contributed by atoms with Crippen molar-refractivity contribution in [3.63, 3.8) is 0 Å². The van der Waals surface area contributed by atoms with E-state index in [4.69, 9.17) is 0 Å². The van der Waals surface area contributed by atoms with Crippen LogP contribution < -0.4 is 5.32 Å². The van der Waals surface area contributed by atoms with Crippen LogP contribution in [0.25, 0.3) is 0 Å². The summed E-state index contributed by atoms with van der Waals surface area (Å²) in [6.07, 6.45) is -2.84. The van der Waals surface area contributed by atoms with Crippen LogP contribution in [0.15, 0.2) is 4.47 Å². The summed E-state index contributed by atoms with van der Waals surface area (Å²) in [6, 6.07) is 0.0821. The van der Waals surface area contributed by atoms with Gasteiger partial charge in [-0.3, -0.25) is 9.48 Å². The second kappa shape index (κ2) is 4.01. The van der Waals surface area contributed by atoms with Crippen molar-refractivity contribution >= 4 is 21.8 Å². The molecule has 1 aliphatic rings. The molecule has 0 aromatic carbocycles. The van der Waals surface area contributed by atoms with E-state index in [1.165, 1.54) is 7.05 Å². The maximum absolute atomic E-state index is 12.5. The molecule has 1 heterocycles. The molecule has 94 valence electrons. The lowest BCUT2D eigenvalue weighted by Gasteiger charge is -2.04. The van der Waals surface area contributed by atoms with Gasteiger partial charge in [-0.2, -0.15) is 18.3 Å². The van der Waals surface area contributed by atoms with Crippen molar-refractivity contribution in [3.8, 4) is 0 Å². The minimum absolute atomic E-state index is 0.0821. The topological polar surface area (TPSA) is 46.9 Å². The second-order valence-electron chi connectivity index (χ2n) is 3.88. The smallest absolute Gasteiger partial charge is 0.348 e. The molecular weight excluding hydrogens is 303 g/mol. The van der Waals surface area contributed by atoms with Gasteiger partial charge in [-0.15, -0.1) is 0 Å². The Morgan fingerprint density at radius 3 is 2.53 bits per heavy atom. The van der Waals surface area contributed by atoms with Gasteiger partial charge >= 0.3 is 6.18 Å². The van der Waals surface area contributed by atoms with Gasteiger partial charge in [-0.05, 0) is 28.8 Å². The van der Waals surface area contributed by atoms with Crippen molar-refractivity contribution in [1.29, 1.82) is 0 Å². The van der Waals surface area contributed by atoms with Gasteiger partial charge < -0.3 is 5.32 Å². The van der Waals surface area contributed by atoms with Crippen molar-refractivity contribution in [1.82, 2.24) is 15.1 Å². The lowest BCUT2D eigenvalue weighted by Crippen LogP contribution is -2.27. The normalized spacial score (nSPS) is 16.1. The third kappa shape index (κ3) is 2.46. The summed E-state index contributed by atoms with van der Waals surface area (Å²) in [7, 11) is 1.31. The van der Waals surface area contributed by atoms with Gasteiger partial charge in [-0.1, -0.05) is 0 Å². The molecule has 1 amide bonds. The summed E-state index contributed by atoms with van der Waals surface area (Å²) >= 11 is 2.78. The predicted molar refractivity (Wildman–Crippen MR) is 56.4 cm³/mol. The third-order valence-electron chi connectivity index (χ3n) is 2.39. The molecule has 0 radical (unpaired) electrons. The van der Waals surface area contributed by atoms with Crippen LogP contribution in [-0.4, -0.2) is 21.7 Å². The number of carbonyl (C=O) groups is 1. The summed E-state index contributed by atoms with van der Waals surface area (Å²) in [4.78, 5) is 11.7. The van der Waals surface area contributed by atoms with E-state index in [9.17, 15) is 18.0 Å². The highest BCUT2D eigenvalue weighted by Crippen LogP contribution is 2.35. The van der Waals surface area contributed by atoms with Crippen molar-refractivity contribution in [2.45, 2.75) is 25.1 Å². The zero-order valence-electron chi connectivity index (χ0n) is 8.81. The summed E-state index contributed by atoms with van der Waals surface area (Å²) < 4.78 is 38.2. The van der Waals surface area contributed by atoms with Gasteiger partial charge in [0.25, 0.3) is 5.91 Å². The molecule has 4 nitrogen and oxygen atoms in total. The van der Waals surface area contributed by atoms with E-state index in [0.717, 1.165) is 17.5 Å². The molecule has 0 unspecified atom stereocenters. The summed E-state index contributed by atoms with van der Waals surface area (Å²) in [6.45, 7) is 0. The highest BCUT2D eigenvalue weighted by molar-refractivity contribution is 9.10. The highest BCUT2D eigenvalue weighted by Gasteiger charge is 2.39. The first-order valence-electron chi connectivity index (χ1n) is 4.91. The number of hydrogen-bond donors (Lipinski definition) is 1. The first kappa shape index (κ1) is 12.4. The molecule has 0 spiro atoms. The molecule has 1 N–H and O–H groups in total. The van der Waals surface area contributed by atoms with Gasteiger partial charge in [-0.25, -0.2) is 0 Å². The molecular formula is C9H9BrF3N3O. The van der Waals surface area contributed by atoms with Gasteiger partial charge in [0.05, 0.1) is 4.47 Å². The lowest BCUT2D eigenvalue weighted by atomic mass is 10.3. The molecule has 0 saturated heterocycles. The molecule has 1 aromatic heterocycles. The highest BCUT2D eigenvalue weighted by atomic mass is 79.9. The van der Waals surface area contributed by atoms with Crippen LogP contribution >= 0.6 is 15.9 Å². The quantitative estimate of drug-likeness (QED) is 0.909. The summed E-state index contributed by atoms with van der Waals surface area (Å²) in [5.41, 5.74) is -1.19. The first-order chi connectivity index (χ1) is 7.80. The number of hydrogen-bond acceptors (Lipinski definition) is 2. The van der Waals surface area contributed by atoms with Crippen LogP contribution in [0.2, 0.25) is 0 Å². The lowest BCUT2D eigenvalue weighted by molar-refractivity contribution is -0.142. The van der Waals surface area contributed by atoms with Crippen molar-refractivity contribution < 1.29 is 18.0 Å². The maximum Gasteiger partial charge on any atom is 0.436 e. The van der Waals surface area contributed by atoms with E-state index >= 15 is 0 Å². The third-order valence-corrected chi connectivity index (χ3v) is 3.14. The Morgan fingerprint density at radius 1 is 1.53 bits per heavy atom. The molecule has 1 fully saturated rings. The van der Waals surface area contributed by atoms with Gasteiger partial charge in [0.1, 0.15) is 5.69 Å². The molecule has 0 bridgehead atoms. The van der Waals surface area contributed by atoms with E-state index in [-0.39, 0.29) is 16.2 Å². The summed E-state index contributed by atoms with van der Waals surface area (Å²) in [5.74, 6) is -0.537. The summed E-state index contributed by atoms with van der Waals surface area (Å²) in [5, 5.41) is 5.93. The van der Waals surface area contributed by atoms with Crippen LogP contribution in [0.1, 0.15) is 29.0 Å². The van der Waals surface area contributed by atoms with Crippen LogP contribution in [0.5, 0.6) is 0 Å². The molecule has 0 atom stereocenters. The number of nitrogens with one attached hydrogen (secondary N) is 1. The number of rotatable bonds is 2. The minimum Gasteiger partial charge on any atom is -0.348 e.